The molecule has 0 unspecified atom stereocenters. The first-order valence-electron chi connectivity index (χ1n) is 4.32. The van der Waals surface area contributed by atoms with Crippen LogP contribution in [0.25, 0.3) is 11.2 Å². The highest BCUT2D eigenvalue weighted by atomic mass is 16.2. The summed E-state index contributed by atoms with van der Waals surface area (Å²) in [5.74, 6) is 0. The van der Waals surface area contributed by atoms with Crippen LogP contribution in [0.5, 0.6) is 0 Å². The predicted octanol–water partition coefficient (Wildman–Crippen LogP) is 0.105. The summed E-state index contributed by atoms with van der Waals surface area (Å²) in [6, 6.07) is 3.48. The van der Waals surface area contributed by atoms with Gasteiger partial charge in [-0.05, 0) is 19.1 Å². The molecule has 0 fully saturated rings. The van der Waals surface area contributed by atoms with Gasteiger partial charge in [0.05, 0.1) is 5.52 Å². The molecule has 0 aliphatic heterocycles. The van der Waals surface area contributed by atoms with Gasteiger partial charge in [0.25, 0.3) is 0 Å². The third-order valence-electron chi connectivity index (χ3n) is 2.06. The second-order valence-corrected chi connectivity index (χ2v) is 2.87. The van der Waals surface area contributed by atoms with E-state index in [1.165, 1.54) is 4.57 Å². The van der Waals surface area contributed by atoms with Crippen LogP contribution >= 0.6 is 0 Å². The highest BCUT2D eigenvalue weighted by molar-refractivity contribution is 5.69. The van der Waals surface area contributed by atoms with Crippen LogP contribution in [0.2, 0.25) is 0 Å². The molecule has 5 heteroatoms. The molecule has 0 radical (unpaired) electrons. The maximum atomic E-state index is 11.4. The zero-order chi connectivity index (χ0) is 10.1. The van der Waals surface area contributed by atoms with Gasteiger partial charge in [-0.2, -0.15) is 0 Å². The lowest BCUT2D eigenvalue weighted by Gasteiger charge is -2.04. The van der Waals surface area contributed by atoms with E-state index < -0.39 is 11.1 Å². The third kappa shape index (κ3) is 1.14. The van der Waals surface area contributed by atoms with Gasteiger partial charge < -0.3 is 9.55 Å². The van der Waals surface area contributed by atoms with Crippen molar-refractivity contribution in [2.45, 2.75) is 13.5 Å². The number of rotatable bonds is 1. The molecule has 14 heavy (non-hydrogen) atoms. The lowest BCUT2D eigenvalue weighted by molar-refractivity contribution is 0.742. The molecule has 2 heterocycles. The summed E-state index contributed by atoms with van der Waals surface area (Å²) >= 11 is 0. The molecule has 0 saturated carbocycles. The van der Waals surface area contributed by atoms with Crippen LogP contribution in [-0.2, 0) is 6.54 Å². The van der Waals surface area contributed by atoms with Gasteiger partial charge in [0.2, 0.25) is 0 Å². The smallest absolute Gasteiger partial charge is 0.301 e. The Balaban J connectivity index is 3.04. The third-order valence-corrected chi connectivity index (χ3v) is 2.06. The molecule has 0 saturated heterocycles. The van der Waals surface area contributed by atoms with E-state index in [1.54, 1.807) is 18.3 Å². The Bertz CT molecular complexity index is 582. The topological polar surface area (TPSA) is 67.8 Å². The largest absolute Gasteiger partial charge is 0.316 e. The van der Waals surface area contributed by atoms with Crippen molar-refractivity contribution in [2.24, 2.45) is 0 Å². The van der Waals surface area contributed by atoms with E-state index in [0.717, 1.165) is 0 Å². The van der Waals surface area contributed by atoms with Crippen LogP contribution in [0, 0.1) is 0 Å². The van der Waals surface area contributed by atoms with Crippen molar-refractivity contribution in [3.05, 3.63) is 39.0 Å². The van der Waals surface area contributed by atoms with Gasteiger partial charge in [0, 0.05) is 12.7 Å². The first kappa shape index (κ1) is 8.68. The maximum absolute atomic E-state index is 11.4. The van der Waals surface area contributed by atoms with E-state index in [4.69, 9.17) is 0 Å². The monoisotopic (exact) mass is 191 g/mol. The average molecular weight is 191 g/mol. The Hall–Kier alpha value is -1.91. The molecule has 0 aliphatic rings. The lowest BCUT2D eigenvalue weighted by atomic mass is 10.4. The molecule has 2 rings (SSSR count). The number of aromatic nitrogens is 3. The molecule has 2 aromatic heterocycles. The van der Waals surface area contributed by atoms with Crippen molar-refractivity contribution in [3.63, 3.8) is 0 Å². The fourth-order valence-corrected chi connectivity index (χ4v) is 1.42. The molecule has 0 amide bonds. The van der Waals surface area contributed by atoms with Gasteiger partial charge in [0.1, 0.15) is 0 Å². The van der Waals surface area contributed by atoms with Gasteiger partial charge in [-0.25, -0.2) is 4.98 Å². The summed E-state index contributed by atoms with van der Waals surface area (Å²) in [5.41, 5.74) is -0.0652. The normalized spacial score (nSPS) is 10.6. The van der Waals surface area contributed by atoms with Gasteiger partial charge in [-0.3, -0.25) is 9.59 Å². The van der Waals surface area contributed by atoms with Crippen molar-refractivity contribution < 1.29 is 0 Å². The minimum atomic E-state index is -0.627. The molecule has 72 valence electrons. The Labute approximate surface area is 79.0 Å². The van der Waals surface area contributed by atoms with Crippen LogP contribution < -0.4 is 11.1 Å². The predicted molar refractivity (Wildman–Crippen MR) is 52.3 cm³/mol. The first-order chi connectivity index (χ1) is 6.74. The molecule has 0 bridgehead atoms. The summed E-state index contributed by atoms with van der Waals surface area (Å²) in [6.45, 7) is 2.28. The number of aryl methyl sites for hydroxylation is 1. The van der Waals surface area contributed by atoms with E-state index in [2.05, 4.69) is 9.97 Å². The number of nitrogens with zero attached hydrogens (tertiary/aromatic N) is 2. The lowest BCUT2D eigenvalue weighted by Crippen LogP contribution is -2.36. The van der Waals surface area contributed by atoms with E-state index in [0.29, 0.717) is 17.7 Å². The number of aromatic amines is 1. The van der Waals surface area contributed by atoms with Crippen LogP contribution in [0.4, 0.5) is 0 Å². The van der Waals surface area contributed by atoms with Gasteiger partial charge in [-0.1, -0.05) is 0 Å². The van der Waals surface area contributed by atoms with Gasteiger partial charge in [-0.15, -0.1) is 0 Å². The quantitative estimate of drug-likeness (QED) is 0.650. The summed E-state index contributed by atoms with van der Waals surface area (Å²) in [5, 5.41) is 0. The van der Waals surface area contributed by atoms with E-state index in [9.17, 15) is 9.59 Å². The number of H-pyrrole nitrogens is 1. The molecule has 0 atom stereocenters. The number of fused-ring (bicyclic) bond motifs is 1. The summed E-state index contributed by atoms with van der Waals surface area (Å²) < 4.78 is 1.40. The van der Waals surface area contributed by atoms with Gasteiger partial charge in [0.15, 0.2) is 5.65 Å². The van der Waals surface area contributed by atoms with Crippen molar-refractivity contribution in [1.29, 1.82) is 0 Å². The average Bonchev–Trinajstić information content (AvgIpc) is 2.20. The van der Waals surface area contributed by atoms with Crippen molar-refractivity contribution in [3.8, 4) is 0 Å². The van der Waals surface area contributed by atoms with E-state index >= 15 is 0 Å². The molecule has 1 N–H and O–H groups in total. The Morgan fingerprint density at radius 2 is 2.29 bits per heavy atom. The molecule has 0 spiro atoms. The SMILES string of the molecule is CCn1c(=O)c(=O)[nH]c2ncccc21. The first-order valence-corrected chi connectivity index (χ1v) is 4.32. The Kier molecular flexibility index (Phi) is 1.92. The molecule has 2 aromatic rings. The minimum absolute atomic E-state index is 0.443. The van der Waals surface area contributed by atoms with Crippen LogP contribution in [0.1, 0.15) is 6.92 Å². The number of pyridine rings is 1. The molecular formula is C9H9N3O2. The zero-order valence-corrected chi connectivity index (χ0v) is 7.65. The van der Waals surface area contributed by atoms with Crippen LogP contribution in [0.15, 0.2) is 27.9 Å². The summed E-state index contributed by atoms with van der Waals surface area (Å²) in [6.07, 6.45) is 1.57. The zero-order valence-electron chi connectivity index (χ0n) is 7.65. The van der Waals surface area contributed by atoms with Crippen molar-refractivity contribution in [2.75, 3.05) is 0 Å². The highest BCUT2D eigenvalue weighted by Gasteiger charge is 2.04. The summed E-state index contributed by atoms with van der Waals surface area (Å²) in [4.78, 5) is 29.0. The molecule has 0 aliphatic carbocycles. The number of nitrogens with one attached hydrogen (secondary N) is 1. The molecule has 0 aromatic carbocycles. The maximum Gasteiger partial charge on any atom is 0.316 e. The Morgan fingerprint density at radius 1 is 1.50 bits per heavy atom. The second kappa shape index (κ2) is 3.10. The van der Waals surface area contributed by atoms with Crippen molar-refractivity contribution in [1.82, 2.24) is 14.5 Å². The summed E-state index contributed by atoms with van der Waals surface area (Å²) in [7, 11) is 0. The van der Waals surface area contributed by atoms with Crippen molar-refractivity contribution >= 4 is 11.2 Å². The van der Waals surface area contributed by atoms with E-state index in [1.807, 2.05) is 6.92 Å². The van der Waals surface area contributed by atoms with Crippen LogP contribution in [-0.4, -0.2) is 14.5 Å². The minimum Gasteiger partial charge on any atom is -0.301 e. The number of hydrogen-bond donors (Lipinski definition) is 1. The molecule has 5 nitrogen and oxygen atoms in total. The Morgan fingerprint density at radius 3 is 3.00 bits per heavy atom. The highest BCUT2D eigenvalue weighted by Crippen LogP contribution is 2.02. The molecular weight excluding hydrogens is 182 g/mol. The fourth-order valence-electron chi connectivity index (χ4n) is 1.42. The van der Waals surface area contributed by atoms with E-state index in [-0.39, 0.29) is 0 Å². The standard InChI is InChI=1S/C9H9N3O2/c1-2-12-6-4-3-5-10-7(6)11-8(13)9(12)14/h3-5H,2H2,1H3,(H,10,11,13). The number of hydrogen-bond acceptors (Lipinski definition) is 3. The van der Waals surface area contributed by atoms with Gasteiger partial charge >= 0.3 is 11.1 Å². The van der Waals surface area contributed by atoms with Crippen LogP contribution in [0.3, 0.4) is 0 Å². The fraction of sp³-hybridized carbons (Fsp3) is 0.222. The second-order valence-electron chi connectivity index (χ2n) is 2.87.